The van der Waals surface area contributed by atoms with Gasteiger partial charge in [-0.2, -0.15) is 5.10 Å². The second-order valence-electron chi connectivity index (χ2n) is 6.06. The van der Waals surface area contributed by atoms with E-state index in [4.69, 9.17) is 0 Å². The number of fused-ring (bicyclic) bond motifs is 1. The van der Waals surface area contributed by atoms with Gasteiger partial charge in [0, 0.05) is 17.3 Å². The average Bonchev–Trinajstić information content (AvgIpc) is 3.00. The molecule has 27 heavy (non-hydrogen) atoms. The van der Waals surface area contributed by atoms with Crippen molar-refractivity contribution in [3.63, 3.8) is 0 Å². The van der Waals surface area contributed by atoms with Crippen LogP contribution in [0.25, 0.3) is 22.6 Å². The lowest BCUT2D eigenvalue weighted by molar-refractivity contribution is 0.588. The van der Waals surface area contributed by atoms with Gasteiger partial charge in [-0.25, -0.2) is 23.4 Å². The van der Waals surface area contributed by atoms with Crippen LogP contribution >= 0.6 is 0 Å². The summed E-state index contributed by atoms with van der Waals surface area (Å²) >= 11 is 0. The van der Waals surface area contributed by atoms with E-state index < -0.39 is 5.82 Å². The zero-order valence-electron chi connectivity index (χ0n) is 14.4. The zero-order chi connectivity index (χ0) is 19.0. The minimum absolute atomic E-state index is 0.111. The number of hydrogen-bond acceptors (Lipinski definition) is 4. The van der Waals surface area contributed by atoms with Gasteiger partial charge in [0.15, 0.2) is 11.5 Å². The van der Waals surface area contributed by atoms with Gasteiger partial charge in [-0.1, -0.05) is 25.1 Å². The summed E-state index contributed by atoms with van der Waals surface area (Å²) in [5.41, 5.74) is 1.36. The van der Waals surface area contributed by atoms with Gasteiger partial charge < -0.3 is 4.98 Å². The Bertz CT molecular complexity index is 1200. The average molecular weight is 367 g/mol. The van der Waals surface area contributed by atoms with E-state index in [-0.39, 0.29) is 23.7 Å². The third kappa shape index (κ3) is 3.21. The summed E-state index contributed by atoms with van der Waals surface area (Å²) in [5, 5.41) is 4.83. The van der Waals surface area contributed by atoms with E-state index in [9.17, 15) is 13.6 Å². The summed E-state index contributed by atoms with van der Waals surface area (Å²) in [6.45, 7) is 1.99. The van der Waals surface area contributed by atoms with Crippen LogP contribution in [-0.4, -0.2) is 24.7 Å². The minimum atomic E-state index is -0.539. The van der Waals surface area contributed by atoms with Crippen LogP contribution in [0, 0.1) is 11.6 Å². The SMILES string of the molecule is CCc1cc(=O)[nH]c(-c2nn(Cc3ccccc3F)c3ncc(F)cc23)n1. The Morgan fingerprint density at radius 1 is 1.19 bits per heavy atom. The molecule has 3 heterocycles. The van der Waals surface area contributed by atoms with Gasteiger partial charge in [-0.3, -0.25) is 4.79 Å². The number of aryl methyl sites for hydroxylation is 1. The molecule has 136 valence electrons. The molecule has 0 aliphatic carbocycles. The van der Waals surface area contributed by atoms with E-state index in [1.165, 1.54) is 22.9 Å². The summed E-state index contributed by atoms with van der Waals surface area (Å²) < 4.78 is 29.3. The second kappa shape index (κ2) is 6.71. The highest BCUT2D eigenvalue weighted by Crippen LogP contribution is 2.25. The van der Waals surface area contributed by atoms with Gasteiger partial charge in [0.25, 0.3) is 5.56 Å². The number of pyridine rings is 1. The van der Waals surface area contributed by atoms with E-state index in [0.29, 0.717) is 34.4 Å². The van der Waals surface area contributed by atoms with E-state index in [2.05, 4.69) is 20.1 Å². The van der Waals surface area contributed by atoms with E-state index >= 15 is 0 Å². The molecule has 0 spiro atoms. The van der Waals surface area contributed by atoms with Crippen molar-refractivity contribution in [3.05, 3.63) is 75.8 Å². The van der Waals surface area contributed by atoms with Gasteiger partial charge in [0.1, 0.15) is 17.3 Å². The molecule has 0 unspecified atom stereocenters. The lowest BCUT2D eigenvalue weighted by Crippen LogP contribution is -2.10. The fourth-order valence-corrected chi connectivity index (χ4v) is 2.91. The van der Waals surface area contributed by atoms with E-state index in [1.807, 2.05) is 6.92 Å². The first kappa shape index (κ1) is 17.0. The number of nitrogens with one attached hydrogen (secondary N) is 1. The molecule has 1 N–H and O–H groups in total. The molecule has 1 aromatic carbocycles. The number of aromatic amines is 1. The van der Waals surface area contributed by atoms with Crippen molar-refractivity contribution in [1.29, 1.82) is 0 Å². The first-order valence-corrected chi connectivity index (χ1v) is 8.41. The van der Waals surface area contributed by atoms with Crippen molar-refractivity contribution >= 4 is 11.0 Å². The highest BCUT2D eigenvalue weighted by molar-refractivity contribution is 5.89. The van der Waals surface area contributed by atoms with Crippen molar-refractivity contribution in [2.75, 3.05) is 0 Å². The van der Waals surface area contributed by atoms with Crippen LogP contribution in [0.1, 0.15) is 18.2 Å². The third-order valence-electron chi connectivity index (χ3n) is 4.21. The van der Waals surface area contributed by atoms with Gasteiger partial charge in [-0.05, 0) is 18.6 Å². The smallest absolute Gasteiger partial charge is 0.251 e. The normalized spacial score (nSPS) is 11.2. The third-order valence-corrected chi connectivity index (χ3v) is 4.21. The Kier molecular flexibility index (Phi) is 4.23. The summed E-state index contributed by atoms with van der Waals surface area (Å²) in [4.78, 5) is 23.0. The number of H-pyrrole nitrogens is 1. The highest BCUT2D eigenvalue weighted by Gasteiger charge is 2.18. The van der Waals surface area contributed by atoms with Crippen molar-refractivity contribution in [1.82, 2.24) is 24.7 Å². The number of benzene rings is 1. The molecule has 0 radical (unpaired) electrons. The molecular weight excluding hydrogens is 352 g/mol. The Morgan fingerprint density at radius 2 is 2.00 bits per heavy atom. The van der Waals surface area contributed by atoms with Crippen LogP contribution in [0.2, 0.25) is 0 Å². The zero-order valence-corrected chi connectivity index (χ0v) is 14.4. The Morgan fingerprint density at radius 3 is 2.78 bits per heavy atom. The van der Waals surface area contributed by atoms with Crippen LogP contribution < -0.4 is 5.56 Å². The summed E-state index contributed by atoms with van der Waals surface area (Å²) in [5.74, 6) is -0.684. The number of nitrogens with zero attached hydrogens (tertiary/aromatic N) is 4. The molecule has 8 heteroatoms. The number of aromatic nitrogens is 5. The second-order valence-corrected chi connectivity index (χ2v) is 6.06. The van der Waals surface area contributed by atoms with Gasteiger partial charge in [-0.15, -0.1) is 0 Å². The molecule has 4 rings (SSSR count). The first-order chi connectivity index (χ1) is 13.0. The maximum atomic E-state index is 14.0. The maximum Gasteiger partial charge on any atom is 0.251 e. The molecule has 0 atom stereocenters. The van der Waals surface area contributed by atoms with Crippen molar-refractivity contribution in [3.8, 4) is 11.5 Å². The Labute approximate surface area is 152 Å². The van der Waals surface area contributed by atoms with Crippen molar-refractivity contribution in [2.24, 2.45) is 0 Å². The highest BCUT2D eigenvalue weighted by atomic mass is 19.1. The monoisotopic (exact) mass is 367 g/mol. The Hall–Kier alpha value is -3.42. The molecule has 0 aliphatic heterocycles. The molecule has 0 bridgehead atoms. The predicted octanol–water partition coefficient (Wildman–Crippen LogP) is 3.07. The summed E-state index contributed by atoms with van der Waals surface area (Å²) in [6.07, 6.45) is 1.64. The lowest BCUT2D eigenvalue weighted by atomic mass is 10.2. The Balaban J connectivity index is 1.92. The predicted molar refractivity (Wildman–Crippen MR) is 96.2 cm³/mol. The summed E-state index contributed by atoms with van der Waals surface area (Å²) in [6, 6.07) is 9.01. The summed E-state index contributed by atoms with van der Waals surface area (Å²) in [7, 11) is 0. The fraction of sp³-hybridized carbons (Fsp3) is 0.158. The minimum Gasteiger partial charge on any atom is -0.305 e. The number of hydrogen-bond donors (Lipinski definition) is 1. The molecule has 6 nitrogen and oxygen atoms in total. The van der Waals surface area contributed by atoms with Crippen molar-refractivity contribution < 1.29 is 8.78 Å². The van der Waals surface area contributed by atoms with Crippen molar-refractivity contribution in [2.45, 2.75) is 19.9 Å². The van der Waals surface area contributed by atoms with Crippen LogP contribution in [-0.2, 0) is 13.0 Å². The molecule has 0 fully saturated rings. The number of halogens is 2. The maximum absolute atomic E-state index is 14.0. The van der Waals surface area contributed by atoms with Crippen LogP contribution in [0.4, 0.5) is 8.78 Å². The standard InChI is InChI=1S/C19H15F2N5O/c1-2-13-8-16(27)24-18(23-13)17-14-7-12(20)9-22-19(14)26(25-17)10-11-5-3-4-6-15(11)21/h3-9H,2,10H2,1H3,(H,23,24,27). The van der Waals surface area contributed by atoms with Gasteiger partial charge in [0.05, 0.1) is 18.1 Å². The first-order valence-electron chi connectivity index (χ1n) is 8.41. The molecular formula is C19H15F2N5O. The van der Waals surface area contributed by atoms with Gasteiger partial charge >= 0.3 is 0 Å². The van der Waals surface area contributed by atoms with E-state index in [0.717, 1.165) is 6.20 Å². The van der Waals surface area contributed by atoms with Crippen LogP contribution in [0.5, 0.6) is 0 Å². The fourth-order valence-electron chi connectivity index (χ4n) is 2.91. The van der Waals surface area contributed by atoms with Crippen LogP contribution in [0.3, 0.4) is 0 Å². The molecule has 3 aromatic heterocycles. The quantitative estimate of drug-likeness (QED) is 0.601. The molecule has 4 aromatic rings. The van der Waals surface area contributed by atoms with Crippen LogP contribution in [0.15, 0.2) is 47.4 Å². The van der Waals surface area contributed by atoms with Gasteiger partial charge in [0.2, 0.25) is 0 Å². The molecule has 0 amide bonds. The topological polar surface area (TPSA) is 76.5 Å². The molecule has 0 aliphatic rings. The lowest BCUT2D eigenvalue weighted by Gasteiger charge is -2.04. The van der Waals surface area contributed by atoms with E-state index in [1.54, 1.807) is 18.2 Å². The largest absolute Gasteiger partial charge is 0.305 e. The number of rotatable bonds is 4. The molecule has 0 saturated carbocycles. The molecule has 0 saturated heterocycles.